The molecular weight excluding hydrogens is 320 g/mol. The van der Waals surface area contributed by atoms with Crippen molar-refractivity contribution < 1.29 is 19.4 Å². The van der Waals surface area contributed by atoms with Crippen LogP contribution in [-0.2, 0) is 0 Å². The molecule has 0 aromatic heterocycles. The largest absolute Gasteiger partial charge is 0.506 e. The van der Waals surface area contributed by atoms with Gasteiger partial charge in [-0.1, -0.05) is 42.5 Å². The van der Waals surface area contributed by atoms with Crippen molar-refractivity contribution in [2.45, 2.75) is 0 Å². The Labute approximate surface area is 144 Å². The molecule has 0 fully saturated rings. The molecule has 3 rings (SSSR count). The molecule has 0 aliphatic rings. The molecule has 3 aromatic carbocycles. The van der Waals surface area contributed by atoms with Crippen LogP contribution >= 0.6 is 0 Å². The lowest BCUT2D eigenvalue weighted by Gasteiger charge is -2.11. The van der Waals surface area contributed by atoms with Gasteiger partial charge in [0.25, 0.3) is 11.8 Å². The van der Waals surface area contributed by atoms with E-state index in [-0.39, 0.29) is 16.9 Å². The number of fused-ring (bicyclic) bond motifs is 1. The van der Waals surface area contributed by atoms with E-state index in [9.17, 15) is 14.7 Å². The minimum Gasteiger partial charge on any atom is -0.506 e. The van der Waals surface area contributed by atoms with Crippen molar-refractivity contribution in [2.75, 3.05) is 7.11 Å². The summed E-state index contributed by atoms with van der Waals surface area (Å²) in [7, 11) is 1.46. The van der Waals surface area contributed by atoms with Gasteiger partial charge >= 0.3 is 0 Å². The quantitative estimate of drug-likeness (QED) is 0.642. The van der Waals surface area contributed by atoms with Gasteiger partial charge in [0.2, 0.25) is 0 Å². The van der Waals surface area contributed by atoms with Gasteiger partial charge in [-0.3, -0.25) is 20.4 Å². The lowest BCUT2D eigenvalue weighted by atomic mass is 10.1. The lowest BCUT2D eigenvalue weighted by molar-refractivity contribution is 0.0843. The molecule has 0 saturated heterocycles. The van der Waals surface area contributed by atoms with E-state index in [2.05, 4.69) is 10.9 Å². The van der Waals surface area contributed by atoms with Crippen LogP contribution in [0, 0.1) is 0 Å². The predicted octanol–water partition coefficient (Wildman–Crippen LogP) is 2.63. The zero-order valence-electron chi connectivity index (χ0n) is 13.4. The molecule has 0 saturated carbocycles. The van der Waals surface area contributed by atoms with Crippen molar-refractivity contribution in [3.05, 3.63) is 71.8 Å². The summed E-state index contributed by atoms with van der Waals surface area (Å²) >= 11 is 0. The first-order valence-electron chi connectivity index (χ1n) is 7.56. The zero-order valence-corrected chi connectivity index (χ0v) is 13.4. The first-order valence-corrected chi connectivity index (χ1v) is 7.56. The van der Waals surface area contributed by atoms with Crippen LogP contribution in [-0.4, -0.2) is 24.0 Å². The van der Waals surface area contributed by atoms with Gasteiger partial charge in [0.1, 0.15) is 11.5 Å². The normalized spacial score (nSPS) is 10.3. The van der Waals surface area contributed by atoms with Gasteiger partial charge in [0.15, 0.2) is 0 Å². The van der Waals surface area contributed by atoms with Crippen LogP contribution in [0.4, 0.5) is 0 Å². The number of phenolic OH excluding ortho intramolecular Hbond substituents is 1. The molecule has 0 bridgehead atoms. The van der Waals surface area contributed by atoms with Crippen molar-refractivity contribution in [2.24, 2.45) is 0 Å². The summed E-state index contributed by atoms with van der Waals surface area (Å²) in [4.78, 5) is 24.5. The summed E-state index contributed by atoms with van der Waals surface area (Å²) < 4.78 is 5.11. The van der Waals surface area contributed by atoms with E-state index < -0.39 is 11.8 Å². The molecule has 126 valence electrons. The van der Waals surface area contributed by atoms with Crippen molar-refractivity contribution in [3.63, 3.8) is 0 Å². The Morgan fingerprint density at radius 3 is 2.24 bits per heavy atom. The van der Waals surface area contributed by atoms with E-state index in [1.165, 1.54) is 13.2 Å². The molecular formula is C19H16N2O4. The van der Waals surface area contributed by atoms with E-state index >= 15 is 0 Å². The molecule has 3 N–H and O–H groups in total. The third-order valence-corrected chi connectivity index (χ3v) is 3.79. The Morgan fingerprint density at radius 1 is 0.840 bits per heavy atom. The van der Waals surface area contributed by atoms with Gasteiger partial charge < -0.3 is 9.84 Å². The number of rotatable bonds is 3. The van der Waals surface area contributed by atoms with E-state index in [0.717, 1.165) is 5.39 Å². The van der Waals surface area contributed by atoms with Gasteiger partial charge in [0, 0.05) is 5.39 Å². The molecule has 6 nitrogen and oxygen atoms in total. The van der Waals surface area contributed by atoms with E-state index in [4.69, 9.17) is 4.74 Å². The molecule has 0 spiro atoms. The second kappa shape index (κ2) is 6.92. The molecule has 0 unspecified atom stereocenters. The Bertz CT molecular complexity index is 953. The average Bonchev–Trinajstić information content (AvgIpc) is 2.66. The number of aromatic hydroxyl groups is 1. The number of methoxy groups -OCH3 is 1. The number of para-hydroxylation sites is 1. The first-order chi connectivity index (χ1) is 12.1. The maximum absolute atomic E-state index is 12.3. The molecule has 25 heavy (non-hydrogen) atoms. The fourth-order valence-electron chi connectivity index (χ4n) is 2.52. The molecule has 0 atom stereocenters. The second-order valence-corrected chi connectivity index (χ2v) is 5.29. The highest BCUT2D eigenvalue weighted by molar-refractivity contribution is 6.05. The van der Waals surface area contributed by atoms with Crippen molar-refractivity contribution >= 4 is 22.6 Å². The van der Waals surface area contributed by atoms with Crippen molar-refractivity contribution in [3.8, 4) is 11.5 Å². The maximum atomic E-state index is 12.3. The zero-order chi connectivity index (χ0) is 17.8. The number of carbonyl (C=O) groups excluding carboxylic acids is 2. The number of hydrogen-bond donors (Lipinski definition) is 3. The van der Waals surface area contributed by atoms with Gasteiger partial charge in [-0.2, -0.15) is 0 Å². The van der Waals surface area contributed by atoms with Crippen LogP contribution in [0.3, 0.4) is 0 Å². The number of hydrazine groups is 1. The molecule has 6 heteroatoms. The summed E-state index contributed by atoms with van der Waals surface area (Å²) in [6.45, 7) is 0. The van der Waals surface area contributed by atoms with Crippen molar-refractivity contribution in [1.82, 2.24) is 10.9 Å². The molecule has 0 aliphatic heterocycles. The minimum atomic E-state index is -0.619. The van der Waals surface area contributed by atoms with Crippen LogP contribution in [0.1, 0.15) is 20.7 Å². The number of amides is 2. The van der Waals surface area contributed by atoms with Crippen LogP contribution in [0.15, 0.2) is 60.7 Å². The van der Waals surface area contributed by atoms with E-state index in [1.807, 2.05) is 12.1 Å². The highest BCUT2D eigenvalue weighted by atomic mass is 16.5. The Kier molecular flexibility index (Phi) is 4.52. The third kappa shape index (κ3) is 3.23. The molecule has 2 amide bonds. The molecule has 3 aromatic rings. The summed E-state index contributed by atoms with van der Waals surface area (Å²) in [5.74, 6) is -0.887. The number of ether oxygens (including phenoxy) is 1. The lowest BCUT2D eigenvalue weighted by Crippen LogP contribution is -2.41. The van der Waals surface area contributed by atoms with E-state index in [1.54, 1.807) is 42.5 Å². The van der Waals surface area contributed by atoms with Gasteiger partial charge in [-0.15, -0.1) is 0 Å². The van der Waals surface area contributed by atoms with Gasteiger partial charge in [-0.05, 0) is 23.6 Å². The fourth-order valence-corrected chi connectivity index (χ4v) is 2.52. The van der Waals surface area contributed by atoms with Gasteiger partial charge in [-0.25, -0.2) is 0 Å². The molecule has 0 radical (unpaired) electrons. The predicted molar refractivity (Wildman–Crippen MR) is 93.5 cm³/mol. The van der Waals surface area contributed by atoms with Crippen molar-refractivity contribution in [1.29, 1.82) is 0 Å². The third-order valence-electron chi connectivity index (χ3n) is 3.79. The molecule has 0 heterocycles. The topological polar surface area (TPSA) is 87.7 Å². The highest BCUT2D eigenvalue weighted by Crippen LogP contribution is 2.28. The van der Waals surface area contributed by atoms with Gasteiger partial charge in [0.05, 0.1) is 18.2 Å². The first kappa shape index (κ1) is 16.3. The summed E-state index contributed by atoms with van der Waals surface area (Å²) in [6.07, 6.45) is 0. The summed E-state index contributed by atoms with van der Waals surface area (Å²) in [5, 5.41) is 11.7. The van der Waals surface area contributed by atoms with E-state index in [0.29, 0.717) is 11.1 Å². The van der Waals surface area contributed by atoms with Crippen LogP contribution in [0.25, 0.3) is 10.8 Å². The van der Waals surface area contributed by atoms with Crippen LogP contribution in [0.2, 0.25) is 0 Å². The SMILES string of the molecule is COc1ccccc1C(=O)NNC(=O)c1ccc2ccccc2c1O. The average molecular weight is 336 g/mol. The molecule has 0 aliphatic carbocycles. The summed E-state index contributed by atoms with van der Waals surface area (Å²) in [5.41, 5.74) is 4.97. The smallest absolute Gasteiger partial charge is 0.273 e. The number of benzene rings is 3. The number of nitrogens with one attached hydrogen (secondary N) is 2. The Hall–Kier alpha value is -3.54. The Balaban J connectivity index is 1.77. The summed E-state index contributed by atoms with van der Waals surface area (Å²) in [6, 6.07) is 17.0. The highest BCUT2D eigenvalue weighted by Gasteiger charge is 2.16. The number of hydrogen-bond acceptors (Lipinski definition) is 4. The van der Waals surface area contributed by atoms with Crippen LogP contribution in [0.5, 0.6) is 11.5 Å². The maximum Gasteiger partial charge on any atom is 0.273 e. The monoisotopic (exact) mass is 336 g/mol. The number of phenols is 1. The number of carbonyl (C=O) groups is 2. The second-order valence-electron chi connectivity index (χ2n) is 5.29. The Morgan fingerprint density at radius 2 is 1.48 bits per heavy atom. The fraction of sp³-hybridized carbons (Fsp3) is 0.0526. The minimum absolute atomic E-state index is 0.0685. The standard InChI is InChI=1S/C19H16N2O4/c1-25-16-9-5-4-8-14(16)18(23)20-21-19(24)15-11-10-12-6-2-3-7-13(12)17(15)22/h2-11,22H,1H3,(H,20,23)(H,21,24). The van der Waals surface area contributed by atoms with Crippen LogP contribution < -0.4 is 15.6 Å².